The van der Waals surface area contributed by atoms with E-state index in [-0.39, 0.29) is 17.9 Å². The molecule has 1 aliphatic heterocycles. The minimum absolute atomic E-state index is 0.254. The standard InChI is InChI=1S/C22H16BrN3O6S/c1-11(27)31-19-13(23)7-12(8-16(19)29-2)9-18-21(28)26-22(33-18)24-20(25-26)17-10-30-14-5-3-4-6-15(14)32-17/h3-9,17H,10H2,1-2H3/b18-9+/t17-/m0/s1. The number of hydrogen-bond acceptors (Lipinski definition) is 9. The van der Waals surface area contributed by atoms with E-state index >= 15 is 0 Å². The first-order valence-corrected chi connectivity index (χ1v) is 11.4. The summed E-state index contributed by atoms with van der Waals surface area (Å²) >= 11 is 4.59. The molecule has 2 aromatic heterocycles. The predicted octanol–water partition coefficient (Wildman–Crippen LogP) is 2.91. The molecule has 1 atom stereocenters. The summed E-state index contributed by atoms with van der Waals surface area (Å²) in [6.45, 7) is 1.56. The Morgan fingerprint density at radius 1 is 1.30 bits per heavy atom. The number of esters is 1. The molecule has 0 N–H and O–H groups in total. The highest BCUT2D eigenvalue weighted by atomic mass is 79.9. The Hall–Kier alpha value is -3.44. The zero-order valence-electron chi connectivity index (χ0n) is 17.4. The van der Waals surface area contributed by atoms with E-state index in [2.05, 4.69) is 26.0 Å². The highest BCUT2D eigenvalue weighted by Crippen LogP contribution is 2.37. The molecule has 0 unspecified atom stereocenters. The number of carbonyl (C=O) groups excluding carboxylic acids is 1. The van der Waals surface area contributed by atoms with Crippen LogP contribution in [-0.4, -0.2) is 34.3 Å². The Balaban J connectivity index is 1.48. The minimum atomic E-state index is -0.507. The largest absolute Gasteiger partial charge is 0.493 e. The molecule has 4 aromatic rings. The van der Waals surface area contributed by atoms with Crippen molar-refractivity contribution in [3.63, 3.8) is 0 Å². The number of hydrogen-bond donors (Lipinski definition) is 0. The van der Waals surface area contributed by atoms with Gasteiger partial charge in [0.25, 0.3) is 5.56 Å². The Kier molecular flexibility index (Phi) is 5.51. The van der Waals surface area contributed by atoms with Gasteiger partial charge in [0.2, 0.25) is 4.96 Å². The molecule has 0 fully saturated rings. The number of nitrogens with zero attached hydrogens (tertiary/aromatic N) is 3. The fraction of sp³-hybridized carbons (Fsp3) is 0.182. The molecular formula is C22H16BrN3O6S. The molecule has 0 bridgehead atoms. The molecule has 11 heteroatoms. The average Bonchev–Trinajstić information content (AvgIpc) is 3.34. The van der Waals surface area contributed by atoms with Crippen LogP contribution in [0.25, 0.3) is 11.0 Å². The lowest BCUT2D eigenvalue weighted by Crippen LogP contribution is -2.26. The summed E-state index contributed by atoms with van der Waals surface area (Å²) in [5, 5.41) is 4.36. The van der Waals surface area contributed by atoms with Gasteiger partial charge >= 0.3 is 5.97 Å². The van der Waals surface area contributed by atoms with Crippen molar-refractivity contribution in [3.8, 4) is 23.0 Å². The van der Waals surface area contributed by atoms with E-state index in [1.54, 1.807) is 18.2 Å². The van der Waals surface area contributed by atoms with Crippen molar-refractivity contribution in [2.75, 3.05) is 13.7 Å². The quantitative estimate of drug-likeness (QED) is 0.293. The molecule has 0 saturated carbocycles. The lowest BCUT2D eigenvalue weighted by molar-refractivity contribution is -0.132. The minimum Gasteiger partial charge on any atom is -0.493 e. The number of para-hydroxylation sites is 2. The third-order valence-corrected chi connectivity index (χ3v) is 6.34. The zero-order valence-corrected chi connectivity index (χ0v) is 19.8. The van der Waals surface area contributed by atoms with E-state index in [0.717, 1.165) is 0 Å². The van der Waals surface area contributed by atoms with Gasteiger partial charge in [-0.15, -0.1) is 5.10 Å². The fourth-order valence-corrected chi connectivity index (χ4v) is 4.80. The molecule has 0 radical (unpaired) electrons. The van der Waals surface area contributed by atoms with Crippen molar-refractivity contribution in [2.24, 2.45) is 0 Å². The molecule has 33 heavy (non-hydrogen) atoms. The van der Waals surface area contributed by atoms with Gasteiger partial charge in [0.15, 0.2) is 34.9 Å². The van der Waals surface area contributed by atoms with Crippen molar-refractivity contribution >= 4 is 44.3 Å². The van der Waals surface area contributed by atoms with Gasteiger partial charge in [-0.1, -0.05) is 23.5 Å². The van der Waals surface area contributed by atoms with Gasteiger partial charge in [-0.2, -0.15) is 9.50 Å². The Morgan fingerprint density at radius 2 is 2.09 bits per heavy atom. The maximum atomic E-state index is 12.9. The molecular weight excluding hydrogens is 514 g/mol. The fourth-order valence-electron chi connectivity index (χ4n) is 3.35. The third kappa shape index (κ3) is 4.05. The Labute approximate surface area is 199 Å². The summed E-state index contributed by atoms with van der Waals surface area (Å²) in [4.78, 5) is 29.2. The van der Waals surface area contributed by atoms with Gasteiger partial charge < -0.3 is 18.9 Å². The van der Waals surface area contributed by atoms with Gasteiger partial charge in [-0.05, 0) is 51.8 Å². The van der Waals surface area contributed by atoms with Gasteiger partial charge in [0, 0.05) is 6.92 Å². The Morgan fingerprint density at radius 3 is 2.82 bits per heavy atom. The molecule has 2 aromatic carbocycles. The second-order valence-corrected chi connectivity index (χ2v) is 8.94. The number of thiazole rings is 1. The summed E-state index contributed by atoms with van der Waals surface area (Å²) in [7, 11) is 1.47. The lowest BCUT2D eigenvalue weighted by Gasteiger charge is -2.24. The van der Waals surface area contributed by atoms with Crippen LogP contribution < -0.4 is 29.0 Å². The SMILES string of the molecule is COc1cc(/C=c2/sc3nc([C@@H]4COc5ccccc5O4)nn3c2=O)cc(Br)c1OC(C)=O. The van der Waals surface area contributed by atoms with E-state index < -0.39 is 12.1 Å². The molecule has 0 saturated heterocycles. The number of halogens is 1. The van der Waals surface area contributed by atoms with Crippen LogP contribution in [0.2, 0.25) is 0 Å². The molecule has 1 aliphatic rings. The summed E-state index contributed by atoms with van der Waals surface area (Å²) in [6, 6.07) is 10.8. The van der Waals surface area contributed by atoms with E-state index in [1.165, 1.54) is 29.9 Å². The third-order valence-electron chi connectivity index (χ3n) is 4.79. The van der Waals surface area contributed by atoms with Crippen LogP contribution in [0, 0.1) is 0 Å². The van der Waals surface area contributed by atoms with Crippen molar-refractivity contribution in [1.29, 1.82) is 0 Å². The maximum absolute atomic E-state index is 12.9. The summed E-state index contributed by atoms with van der Waals surface area (Å²) < 4.78 is 24.4. The van der Waals surface area contributed by atoms with Gasteiger partial charge in [-0.3, -0.25) is 9.59 Å². The average molecular weight is 530 g/mol. The normalized spacial score (nSPS) is 15.6. The molecule has 3 heterocycles. The molecule has 0 aliphatic carbocycles. The topological polar surface area (TPSA) is 101 Å². The molecule has 5 rings (SSSR count). The van der Waals surface area contributed by atoms with Crippen molar-refractivity contribution in [3.05, 3.63) is 67.1 Å². The van der Waals surface area contributed by atoms with Crippen molar-refractivity contribution in [2.45, 2.75) is 13.0 Å². The monoisotopic (exact) mass is 529 g/mol. The number of fused-ring (bicyclic) bond motifs is 2. The second-order valence-electron chi connectivity index (χ2n) is 7.07. The zero-order chi connectivity index (χ0) is 23.1. The maximum Gasteiger partial charge on any atom is 0.308 e. The first kappa shape index (κ1) is 21.4. The lowest BCUT2D eigenvalue weighted by atomic mass is 10.2. The first-order chi connectivity index (χ1) is 15.9. The number of ether oxygens (including phenoxy) is 4. The van der Waals surface area contributed by atoms with Gasteiger partial charge in [0.1, 0.15) is 6.61 Å². The van der Waals surface area contributed by atoms with Crippen LogP contribution in [0.4, 0.5) is 0 Å². The second kappa shape index (κ2) is 8.49. The summed E-state index contributed by atoms with van der Waals surface area (Å²) in [5.74, 6) is 1.82. The number of rotatable bonds is 4. The molecule has 0 spiro atoms. The number of benzene rings is 2. The van der Waals surface area contributed by atoms with Gasteiger partial charge in [0.05, 0.1) is 16.1 Å². The van der Waals surface area contributed by atoms with E-state index in [1.807, 2.05) is 24.3 Å². The molecule has 9 nitrogen and oxygen atoms in total. The van der Waals surface area contributed by atoms with Crippen molar-refractivity contribution < 1.29 is 23.7 Å². The van der Waals surface area contributed by atoms with Crippen LogP contribution in [0.15, 0.2) is 45.7 Å². The van der Waals surface area contributed by atoms with Crippen LogP contribution in [-0.2, 0) is 4.79 Å². The van der Waals surface area contributed by atoms with Crippen LogP contribution >= 0.6 is 27.3 Å². The number of methoxy groups -OCH3 is 1. The van der Waals surface area contributed by atoms with Crippen molar-refractivity contribution in [1.82, 2.24) is 14.6 Å². The van der Waals surface area contributed by atoms with E-state index in [0.29, 0.717) is 42.6 Å². The number of aromatic nitrogens is 3. The summed E-state index contributed by atoms with van der Waals surface area (Å²) in [5.41, 5.74) is 0.377. The van der Waals surface area contributed by atoms with Crippen LogP contribution in [0.1, 0.15) is 24.4 Å². The van der Waals surface area contributed by atoms with Crippen LogP contribution in [0.3, 0.4) is 0 Å². The smallest absolute Gasteiger partial charge is 0.308 e. The van der Waals surface area contributed by atoms with Crippen LogP contribution in [0.5, 0.6) is 23.0 Å². The van der Waals surface area contributed by atoms with E-state index in [9.17, 15) is 9.59 Å². The van der Waals surface area contributed by atoms with Gasteiger partial charge in [-0.25, -0.2) is 0 Å². The highest BCUT2D eigenvalue weighted by molar-refractivity contribution is 9.10. The Bertz CT molecular complexity index is 1500. The molecule has 0 amide bonds. The number of carbonyl (C=O) groups is 1. The predicted molar refractivity (Wildman–Crippen MR) is 123 cm³/mol. The first-order valence-electron chi connectivity index (χ1n) is 9.78. The highest BCUT2D eigenvalue weighted by Gasteiger charge is 2.27. The van der Waals surface area contributed by atoms with E-state index in [4.69, 9.17) is 18.9 Å². The molecule has 168 valence electrons. The summed E-state index contributed by atoms with van der Waals surface area (Å²) in [6.07, 6.45) is 1.19.